The number of rotatable bonds is 2. The Morgan fingerprint density at radius 3 is 2.30 bits per heavy atom. The molecule has 0 unspecified atom stereocenters. The minimum Gasteiger partial charge on any atom is -0.317 e. The van der Waals surface area contributed by atoms with E-state index in [-0.39, 0.29) is 6.71 Å². The van der Waals surface area contributed by atoms with Gasteiger partial charge < -0.3 is 9.80 Å². The van der Waals surface area contributed by atoms with E-state index < -0.39 is 0 Å². The summed E-state index contributed by atoms with van der Waals surface area (Å²) in [5.41, 5.74) is 11.9. The standard InChI is InChI=1S/C28H23BN4/c1-3-12-24-22(10-1)29-23-11-2-4-13-25(23)33(21-9-7-17-31-19-21)27-15-5-14-26(28(27)29)32(24)20-8-6-16-30-18-20/h1-3,6-12,14,16-19H,4-5,13,15H2. The summed E-state index contributed by atoms with van der Waals surface area (Å²) in [4.78, 5) is 13.8. The van der Waals surface area contributed by atoms with Crippen molar-refractivity contribution in [1.29, 1.82) is 0 Å². The molecule has 4 heterocycles. The third kappa shape index (κ3) is 2.72. The number of aromatic nitrogens is 2. The predicted molar refractivity (Wildman–Crippen MR) is 135 cm³/mol. The first-order chi connectivity index (χ1) is 16.4. The summed E-state index contributed by atoms with van der Waals surface area (Å²) in [6, 6.07) is 17.3. The highest BCUT2D eigenvalue weighted by molar-refractivity contribution is 6.89. The van der Waals surface area contributed by atoms with Crippen molar-refractivity contribution in [1.82, 2.24) is 9.97 Å². The molecule has 0 radical (unpaired) electrons. The zero-order chi connectivity index (χ0) is 21.8. The number of pyridine rings is 2. The summed E-state index contributed by atoms with van der Waals surface area (Å²) in [5, 5.41) is 0. The monoisotopic (exact) mass is 426 g/mol. The second kappa shape index (κ2) is 7.34. The van der Waals surface area contributed by atoms with Gasteiger partial charge in [-0.2, -0.15) is 0 Å². The molecule has 0 amide bonds. The van der Waals surface area contributed by atoms with Crippen molar-refractivity contribution >= 4 is 29.2 Å². The molecule has 158 valence electrons. The molecule has 4 aliphatic rings. The van der Waals surface area contributed by atoms with E-state index in [1.807, 2.05) is 36.9 Å². The minimum atomic E-state index is 0.259. The molecule has 3 aromatic rings. The number of anilines is 3. The highest BCUT2D eigenvalue weighted by Gasteiger charge is 2.46. The van der Waals surface area contributed by atoms with E-state index in [1.165, 1.54) is 39.2 Å². The Morgan fingerprint density at radius 1 is 0.758 bits per heavy atom. The van der Waals surface area contributed by atoms with Crippen LogP contribution in [0.25, 0.3) is 0 Å². The molecule has 1 aromatic carbocycles. The van der Waals surface area contributed by atoms with Crippen LogP contribution in [-0.2, 0) is 0 Å². The number of hydrogen-bond donors (Lipinski definition) is 0. The molecule has 0 N–H and O–H groups in total. The molecule has 0 atom stereocenters. The zero-order valence-corrected chi connectivity index (χ0v) is 18.4. The second-order valence-electron chi connectivity index (χ2n) is 8.92. The van der Waals surface area contributed by atoms with Gasteiger partial charge in [-0.3, -0.25) is 9.97 Å². The molecule has 0 saturated carbocycles. The topological polar surface area (TPSA) is 32.3 Å². The summed E-state index contributed by atoms with van der Waals surface area (Å²) in [5.74, 6) is 0. The van der Waals surface area contributed by atoms with Crippen molar-refractivity contribution in [3.8, 4) is 0 Å². The second-order valence-corrected chi connectivity index (χ2v) is 8.92. The number of para-hydroxylation sites is 1. The van der Waals surface area contributed by atoms with Gasteiger partial charge >= 0.3 is 0 Å². The molecular weight excluding hydrogens is 403 g/mol. The first-order valence-corrected chi connectivity index (χ1v) is 11.7. The summed E-state index contributed by atoms with van der Waals surface area (Å²) in [6.45, 7) is 0.259. The van der Waals surface area contributed by atoms with Gasteiger partial charge in [0.15, 0.2) is 0 Å². The molecule has 0 saturated heterocycles. The minimum absolute atomic E-state index is 0.259. The first kappa shape index (κ1) is 18.7. The third-order valence-electron chi connectivity index (χ3n) is 7.16. The quantitative estimate of drug-likeness (QED) is 0.509. The van der Waals surface area contributed by atoms with E-state index in [4.69, 9.17) is 0 Å². The van der Waals surface area contributed by atoms with Gasteiger partial charge in [0.1, 0.15) is 0 Å². The lowest BCUT2D eigenvalue weighted by Crippen LogP contribution is -2.51. The van der Waals surface area contributed by atoms with Crippen molar-refractivity contribution in [3.05, 3.63) is 120 Å². The van der Waals surface area contributed by atoms with E-state index in [9.17, 15) is 0 Å². The van der Waals surface area contributed by atoms with Crippen LogP contribution < -0.4 is 15.3 Å². The van der Waals surface area contributed by atoms with Crippen LogP contribution >= 0.6 is 0 Å². The van der Waals surface area contributed by atoms with Crippen molar-refractivity contribution in [3.63, 3.8) is 0 Å². The molecule has 33 heavy (non-hydrogen) atoms. The Labute approximate surface area is 194 Å². The van der Waals surface area contributed by atoms with Crippen LogP contribution in [0, 0.1) is 0 Å². The van der Waals surface area contributed by atoms with Crippen LogP contribution in [0.4, 0.5) is 17.1 Å². The van der Waals surface area contributed by atoms with Gasteiger partial charge in [0, 0.05) is 35.2 Å². The van der Waals surface area contributed by atoms with E-state index in [1.54, 1.807) is 0 Å². The van der Waals surface area contributed by atoms with E-state index in [0.29, 0.717) is 0 Å². The molecule has 0 spiro atoms. The third-order valence-corrected chi connectivity index (χ3v) is 7.16. The first-order valence-electron chi connectivity index (χ1n) is 11.7. The molecule has 0 fully saturated rings. The summed E-state index contributed by atoms with van der Waals surface area (Å²) in [7, 11) is 0. The van der Waals surface area contributed by atoms with Crippen molar-refractivity contribution in [2.75, 3.05) is 9.80 Å². The van der Waals surface area contributed by atoms with Gasteiger partial charge in [-0.1, -0.05) is 36.4 Å². The van der Waals surface area contributed by atoms with Gasteiger partial charge in [0.2, 0.25) is 0 Å². The number of benzene rings is 1. The fourth-order valence-electron chi connectivity index (χ4n) is 5.94. The van der Waals surface area contributed by atoms with Gasteiger partial charge in [-0.15, -0.1) is 0 Å². The largest absolute Gasteiger partial charge is 0.317 e. The van der Waals surface area contributed by atoms with Crippen LogP contribution in [0.3, 0.4) is 0 Å². The van der Waals surface area contributed by atoms with Crippen molar-refractivity contribution < 1.29 is 0 Å². The van der Waals surface area contributed by atoms with Crippen LogP contribution in [0.1, 0.15) is 25.7 Å². The number of fused-ring (bicyclic) bond motifs is 3. The number of hydrogen-bond acceptors (Lipinski definition) is 4. The van der Waals surface area contributed by atoms with Crippen LogP contribution in [-0.4, -0.2) is 16.7 Å². The Morgan fingerprint density at radius 2 is 1.52 bits per heavy atom. The molecule has 2 aliphatic carbocycles. The fourth-order valence-corrected chi connectivity index (χ4v) is 5.94. The van der Waals surface area contributed by atoms with Crippen LogP contribution in [0.5, 0.6) is 0 Å². The maximum absolute atomic E-state index is 4.47. The zero-order valence-electron chi connectivity index (χ0n) is 18.4. The Balaban J connectivity index is 1.54. The maximum Gasteiger partial charge on any atom is 0.251 e. The summed E-state index contributed by atoms with van der Waals surface area (Å²) < 4.78 is 0. The molecule has 7 rings (SSSR count). The Kier molecular flexibility index (Phi) is 4.16. The maximum atomic E-state index is 4.47. The molecule has 2 aliphatic heterocycles. The molecule has 4 nitrogen and oxygen atoms in total. The SMILES string of the molecule is C1=CC2=C(CC1)N(c1cccnc1)C1=C3B2c2ccccc2N(c2cccnc2)C3=CCC1. The highest BCUT2D eigenvalue weighted by Crippen LogP contribution is 2.49. The molecule has 5 heteroatoms. The number of nitrogens with zero attached hydrogens (tertiary/aromatic N) is 4. The average molecular weight is 426 g/mol. The molecular formula is C28H23BN4. The lowest BCUT2D eigenvalue weighted by molar-refractivity contribution is 0.809. The average Bonchev–Trinajstić information content (AvgIpc) is 2.89. The Bertz CT molecular complexity index is 1370. The lowest BCUT2D eigenvalue weighted by atomic mass is 9.31. The van der Waals surface area contributed by atoms with Gasteiger partial charge in [0.05, 0.1) is 23.8 Å². The van der Waals surface area contributed by atoms with Gasteiger partial charge in [-0.25, -0.2) is 0 Å². The predicted octanol–water partition coefficient (Wildman–Crippen LogP) is 5.46. The fraction of sp³-hybridized carbons (Fsp3) is 0.143. The van der Waals surface area contributed by atoms with E-state index in [2.05, 4.69) is 74.4 Å². The lowest BCUT2D eigenvalue weighted by Gasteiger charge is -2.48. The smallest absolute Gasteiger partial charge is 0.251 e. The molecule has 0 bridgehead atoms. The highest BCUT2D eigenvalue weighted by atomic mass is 15.2. The Hall–Kier alpha value is -3.86. The van der Waals surface area contributed by atoms with Gasteiger partial charge in [0.25, 0.3) is 6.71 Å². The van der Waals surface area contributed by atoms with Crippen LogP contribution in [0.15, 0.2) is 120 Å². The van der Waals surface area contributed by atoms with E-state index in [0.717, 1.165) is 37.1 Å². The summed E-state index contributed by atoms with van der Waals surface area (Å²) in [6.07, 6.45) is 19.0. The summed E-state index contributed by atoms with van der Waals surface area (Å²) >= 11 is 0. The van der Waals surface area contributed by atoms with Crippen LogP contribution in [0.2, 0.25) is 0 Å². The van der Waals surface area contributed by atoms with E-state index >= 15 is 0 Å². The van der Waals surface area contributed by atoms with Crippen molar-refractivity contribution in [2.45, 2.75) is 25.7 Å². The number of allylic oxidation sites excluding steroid dienone is 7. The van der Waals surface area contributed by atoms with Crippen molar-refractivity contribution in [2.24, 2.45) is 0 Å². The van der Waals surface area contributed by atoms with Gasteiger partial charge in [-0.05, 0) is 72.4 Å². The molecule has 2 aromatic heterocycles. The normalized spacial score (nSPS) is 18.7.